The molecule has 0 bridgehead atoms. The lowest BCUT2D eigenvalue weighted by Gasteiger charge is -2.39. The first-order valence-electron chi connectivity index (χ1n) is 40.8. The summed E-state index contributed by atoms with van der Waals surface area (Å²) >= 11 is 0. The van der Waals surface area contributed by atoms with E-state index in [1.54, 1.807) is 25.1 Å². The van der Waals surface area contributed by atoms with E-state index >= 15 is 0 Å². The summed E-state index contributed by atoms with van der Waals surface area (Å²) < 4.78 is 0. The number of nitrogens with zero attached hydrogens (tertiary/aromatic N) is 12. The number of amides is 4. The van der Waals surface area contributed by atoms with Crippen molar-refractivity contribution in [3.05, 3.63) is 128 Å². The van der Waals surface area contributed by atoms with Crippen LogP contribution in [0.3, 0.4) is 0 Å². The first-order chi connectivity index (χ1) is 52.9. The predicted molar refractivity (Wildman–Crippen MR) is 436 cm³/mol. The second-order valence-electron chi connectivity index (χ2n) is 32.8. The summed E-state index contributed by atoms with van der Waals surface area (Å²) in [7, 11) is 4.00. The third kappa shape index (κ3) is 19.6. The summed E-state index contributed by atoms with van der Waals surface area (Å²) in [6.07, 6.45) is 49.7. The van der Waals surface area contributed by atoms with Gasteiger partial charge < -0.3 is 65.7 Å². The molecule has 4 aliphatic heterocycles. The summed E-state index contributed by atoms with van der Waals surface area (Å²) in [6.45, 7) is 25.3. The van der Waals surface area contributed by atoms with E-state index in [0.717, 1.165) is 188 Å². The molecule has 8 aromatic heterocycles. The van der Waals surface area contributed by atoms with Crippen LogP contribution in [0.2, 0.25) is 0 Å². The highest BCUT2D eigenvalue weighted by Crippen LogP contribution is 2.41. The van der Waals surface area contributed by atoms with Crippen molar-refractivity contribution in [1.82, 2.24) is 79.3 Å². The van der Waals surface area contributed by atoms with E-state index in [0.29, 0.717) is 25.7 Å². The molecule has 0 radical (unpaired) electrons. The number of aromatic amines is 4. The highest BCUT2D eigenvalue weighted by Gasteiger charge is 2.36. The second-order valence-corrected chi connectivity index (χ2v) is 32.8. The maximum Gasteiger partial charge on any atom is 0.246 e. The van der Waals surface area contributed by atoms with Crippen molar-refractivity contribution in [3.63, 3.8) is 0 Å². The van der Waals surface area contributed by atoms with Crippen LogP contribution < -0.4 is 21.3 Å². The average molecular weight is 1480 g/mol. The van der Waals surface area contributed by atoms with Crippen molar-refractivity contribution in [2.24, 2.45) is 29.6 Å². The van der Waals surface area contributed by atoms with E-state index in [2.05, 4.69) is 161 Å². The number of piperidine rings is 4. The average Bonchev–Trinajstić information content (AvgIpc) is 1.71. The van der Waals surface area contributed by atoms with Crippen LogP contribution in [0.15, 0.2) is 106 Å². The van der Waals surface area contributed by atoms with E-state index in [4.69, 9.17) is 0 Å². The third-order valence-corrected chi connectivity index (χ3v) is 24.3. The topological polar surface area (TPSA) is 286 Å². The normalized spacial score (nSPS) is 24.3. The van der Waals surface area contributed by atoms with Gasteiger partial charge in [0, 0.05) is 129 Å². The van der Waals surface area contributed by atoms with Crippen LogP contribution in [0.5, 0.6) is 0 Å². The summed E-state index contributed by atoms with van der Waals surface area (Å²) in [5, 5.41) is 19.1. The van der Waals surface area contributed by atoms with E-state index < -0.39 is 0 Å². The highest BCUT2D eigenvalue weighted by atomic mass is 16.2. The number of hydrogen-bond acceptors (Lipinski definition) is 16. The molecule has 8 aromatic rings. The van der Waals surface area contributed by atoms with Gasteiger partial charge in [0.2, 0.25) is 23.6 Å². The first kappa shape index (κ1) is 77.7. The molecule has 109 heavy (non-hydrogen) atoms. The minimum absolute atomic E-state index is 0.00544. The minimum Gasteiger partial charge on any atom is -0.380 e. The summed E-state index contributed by atoms with van der Waals surface area (Å²) in [5.74, 6) is 6.90. The SMILES string of the molecule is C=CC(=O)N1CC(Nc2ncnc3[nH]cc(CC4CC4)c23)CCC1CC.C=CC(=O)N1C[C@H](Nc2ccnc3[nH]cc(CC4CC4)c23)CC[C@@H]1C.C=CC(=O)N1C[C@H](Nc2ncnc3[nH]cc(CC4CCC(CC)C4)c23)CC[C@@H]1C.C[C@H]1CC[C@@H](Nc2ncnc3[nH]cc(CC4CC4)c23)CN1C(=O)/C=C/CN(C)C. The second kappa shape index (κ2) is 35.9. The van der Waals surface area contributed by atoms with Crippen LogP contribution in [0, 0.1) is 29.6 Å². The fourth-order valence-corrected chi connectivity index (χ4v) is 17.3. The monoisotopic (exact) mass is 1480 g/mol. The molecule has 10 atom stereocenters. The fourth-order valence-electron chi connectivity index (χ4n) is 17.3. The predicted octanol–water partition coefficient (Wildman–Crippen LogP) is 13.9. The van der Waals surface area contributed by atoms with Crippen molar-refractivity contribution < 1.29 is 19.2 Å². The van der Waals surface area contributed by atoms with Crippen LogP contribution >= 0.6 is 0 Å². The number of likely N-dealkylation sites (N-methyl/N-ethyl adjacent to an activating group) is 1. The van der Waals surface area contributed by atoms with E-state index in [1.807, 2.05) is 50.9 Å². The Morgan fingerprint density at radius 1 is 0.440 bits per heavy atom. The largest absolute Gasteiger partial charge is 0.380 e. The lowest BCUT2D eigenvalue weighted by Crippen LogP contribution is -2.50. The Labute approximate surface area is 642 Å². The zero-order valence-corrected chi connectivity index (χ0v) is 65.5. The number of aromatic nitrogens is 11. The molecule has 4 unspecified atom stereocenters. The quantitative estimate of drug-likeness (QED) is 0.0261. The number of carbonyl (C=O) groups excluding carboxylic acids is 4. The number of H-pyrrole nitrogens is 4. The van der Waals surface area contributed by atoms with Gasteiger partial charge in [-0.15, -0.1) is 0 Å². The van der Waals surface area contributed by atoms with Crippen molar-refractivity contribution in [2.75, 3.05) is 68.1 Å². The van der Waals surface area contributed by atoms with Crippen LogP contribution in [0.25, 0.3) is 44.1 Å². The molecule has 4 aliphatic carbocycles. The van der Waals surface area contributed by atoms with Crippen molar-refractivity contribution >= 4 is 90.9 Å². The Hall–Kier alpha value is -9.45. The third-order valence-electron chi connectivity index (χ3n) is 24.3. The molecule has 12 heterocycles. The van der Waals surface area contributed by atoms with Gasteiger partial charge in [-0.05, 0) is 246 Å². The smallest absolute Gasteiger partial charge is 0.246 e. The van der Waals surface area contributed by atoms with Gasteiger partial charge in [-0.1, -0.05) is 52.5 Å². The van der Waals surface area contributed by atoms with Crippen molar-refractivity contribution in [1.29, 1.82) is 0 Å². The molecule has 4 saturated carbocycles. The van der Waals surface area contributed by atoms with E-state index in [1.165, 1.54) is 110 Å². The minimum atomic E-state index is 0.00544. The standard InChI is InChI=1S/C23H33N5O.C22H32N6O.C20H27N5O.C20H26N4O/c1-4-16-7-8-17(10-16)11-18-12-24-22-21(18)23(26-14-25-22)27-19-9-6-15(3)28(13-19)20(29)5-2;1-15-6-9-18(13-28(15)19(29)5-4-10-27(2)3)26-22-20-17(11-16-7-8-16)12-23-21(20)24-14-25-22;1-3-16-8-7-15(11-25(16)17(26)4-2)24-20-18-14(9-13-5-6-13)10-21-19(18)22-12-23-20;1-3-18(25)24-12-16(7-4-13(24)2)23-17-8-9-21-20-19(17)15(11-22-20)10-14-5-6-14/h5,12,14-17,19H,2,4,6-11,13H2,1,3H3,(H2,24,25,26,27);4-5,12,14-16,18H,6-11,13H2,1-3H3,(H2,23,24,25,26);4,10,12-13,15-16H,2-3,5-9,11H2,1H3,(H2,21,22,23,24);3,8-9,11,13-14,16H,1,4-7,10,12H2,2H3,(H2,21,22,23)/b;5-4+;;/t15-,16?,17?,19+;15-,18+;;13-,16+/m00.0/s1. The number of rotatable bonds is 24. The van der Waals surface area contributed by atoms with E-state index in [-0.39, 0.29) is 65.9 Å². The molecule has 0 aromatic carbocycles. The van der Waals surface area contributed by atoms with Crippen molar-refractivity contribution in [2.45, 2.75) is 231 Å². The number of anilines is 4. The van der Waals surface area contributed by atoms with Gasteiger partial charge in [-0.3, -0.25) is 19.2 Å². The molecular formula is C85H118N20O4. The molecule has 582 valence electrons. The molecule has 16 rings (SSSR count). The fraction of sp³-hybridized carbons (Fsp3) is 0.565. The molecule has 4 saturated heterocycles. The van der Waals surface area contributed by atoms with Crippen LogP contribution in [-0.4, -0.2) is 198 Å². The van der Waals surface area contributed by atoms with Gasteiger partial charge in [0.15, 0.2) is 0 Å². The number of likely N-dealkylation sites (tertiary alicyclic amines) is 4. The Balaban J connectivity index is 0.000000128. The van der Waals surface area contributed by atoms with Gasteiger partial charge in [-0.2, -0.15) is 0 Å². The van der Waals surface area contributed by atoms with Gasteiger partial charge in [0.05, 0.1) is 16.2 Å². The van der Waals surface area contributed by atoms with Gasteiger partial charge in [0.1, 0.15) is 59.0 Å². The Morgan fingerprint density at radius 2 is 0.807 bits per heavy atom. The Bertz CT molecular complexity index is 4480. The zero-order valence-electron chi connectivity index (χ0n) is 65.5. The van der Waals surface area contributed by atoms with Crippen LogP contribution in [-0.2, 0) is 44.9 Å². The number of nitrogens with one attached hydrogen (secondary N) is 8. The van der Waals surface area contributed by atoms with Crippen molar-refractivity contribution in [3.8, 4) is 0 Å². The van der Waals surface area contributed by atoms with Gasteiger partial charge in [0.25, 0.3) is 0 Å². The Morgan fingerprint density at radius 3 is 1.21 bits per heavy atom. The number of hydrogen-bond donors (Lipinski definition) is 8. The van der Waals surface area contributed by atoms with Crippen LogP contribution in [0.4, 0.5) is 23.1 Å². The molecule has 4 amide bonds. The number of carbonyl (C=O) groups is 4. The molecule has 8 fully saturated rings. The zero-order chi connectivity index (χ0) is 76.2. The molecule has 24 nitrogen and oxygen atoms in total. The Kier molecular flexibility index (Phi) is 25.6. The lowest BCUT2D eigenvalue weighted by atomic mass is 9.96. The van der Waals surface area contributed by atoms with Gasteiger partial charge in [-0.25, -0.2) is 34.9 Å². The first-order valence-corrected chi connectivity index (χ1v) is 40.8. The molecule has 8 N–H and O–H groups in total. The molecular weight excluding hydrogens is 1370 g/mol. The molecule has 8 aliphatic rings. The molecule has 0 spiro atoms. The number of pyridine rings is 1. The highest BCUT2D eigenvalue weighted by molar-refractivity contribution is 5.95. The maximum absolute atomic E-state index is 12.7. The maximum atomic E-state index is 12.7. The summed E-state index contributed by atoms with van der Waals surface area (Å²) in [5.41, 5.74) is 10.0. The summed E-state index contributed by atoms with van der Waals surface area (Å²) in [4.78, 5) is 104. The lowest BCUT2D eigenvalue weighted by molar-refractivity contribution is -0.130. The molecule has 24 heteroatoms. The van der Waals surface area contributed by atoms with Gasteiger partial charge >= 0.3 is 0 Å². The number of fused-ring (bicyclic) bond motifs is 4. The van der Waals surface area contributed by atoms with E-state index in [9.17, 15) is 19.2 Å². The summed E-state index contributed by atoms with van der Waals surface area (Å²) in [6, 6.07) is 3.99. The van der Waals surface area contributed by atoms with Crippen LogP contribution in [0.1, 0.15) is 179 Å².